The molecule has 0 amide bonds. The standard InChI is InChI=1S/C27H23F3N2O4S2/c1-16(23-15-37-26(31-23)17-7-3-2-4-8-17)21-14-36-24-13-18(11-12-20(24)25(21)33)19-9-5-6-10-22(19)32-38(34,35)27(28,29)30/h2-13,15-16,21,25,32-33H,14H2,1H3/t16-,21+,25-/m1/s1. The van der Waals surface area contributed by atoms with Gasteiger partial charge in [-0.3, -0.25) is 4.72 Å². The number of nitrogens with one attached hydrogen (secondary N) is 1. The summed E-state index contributed by atoms with van der Waals surface area (Å²) in [5.74, 6) is 0.00387. The second-order valence-corrected chi connectivity index (χ2v) is 11.5. The highest BCUT2D eigenvalue weighted by atomic mass is 32.2. The molecule has 0 fully saturated rings. The summed E-state index contributed by atoms with van der Waals surface area (Å²) < 4.78 is 69.8. The molecule has 0 bridgehead atoms. The van der Waals surface area contributed by atoms with Gasteiger partial charge in [0.15, 0.2) is 0 Å². The number of ether oxygens (including phenoxy) is 1. The summed E-state index contributed by atoms with van der Waals surface area (Å²) in [5.41, 5.74) is -2.56. The number of aliphatic hydroxyl groups excluding tert-OH is 1. The normalized spacial score (nSPS) is 18.3. The Balaban J connectivity index is 1.39. The van der Waals surface area contributed by atoms with E-state index < -0.39 is 21.6 Å². The van der Waals surface area contributed by atoms with E-state index in [1.54, 1.807) is 29.0 Å². The fourth-order valence-corrected chi connectivity index (χ4v) is 5.96. The van der Waals surface area contributed by atoms with Crippen molar-refractivity contribution in [2.24, 2.45) is 5.92 Å². The number of anilines is 1. The van der Waals surface area contributed by atoms with Crippen molar-refractivity contribution in [2.45, 2.75) is 24.5 Å². The van der Waals surface area contributed by atoms with E-state index in [2.05, 4.69) is 0 Å². The zero-order valence-electron chi connectivity index (χ0n) is 20.0. The molecule has 2 heterocycles. The molecule has 11 heteroatoms. The third kappa shape index (κ3) is 5.01. The molecule has 1 aliphatic rings. The Kier molecular flexibility index (Phi) is 6.93. The van der Waals surface area contributed by atoms with Crippen LogP contribution in [-0.2, 0) is 10.0 Å². The third-order valence-electron chi connectivity index (χ3n) is 6.61. The second kappa shape index (κ2) is 10.0. The van der Waals surface area contributed by atoms with E-state index in [-0.39, 0.29) is 29.7 Å². The van der Waals surface area contributed by atoms with Crippen LogP contribution in [0.2, 0.25) is 0 Å². The Morgan fingerprint density at radius 1 is 1.05 bits per heavy atom. The van der Waals surface area contributed by atoms with Crippen LogP contribution in [0.3, 0.4) is 0 Å². The van der Waals surface area contributed by atoms with Crippen LogP contribution in [0.5, 0.6) is 5.75 Å². The van der Waals surface area contributed by atoms with Crippen molar-refractivity contribution in [3.05, 3.63) is 89.4 Å². The molecule has 2 N–H and O–H groups in total. The van der Waals surface area contributed by atoms with E-state index in [1.807, 2.05) is 42.6 Å². The Bertz CT molecular complexity index is 1560. The molecule has 0 radical (unpaired) electrons. The minimum atomic E-state index is -5.59. The molecule has 0 unspecified atom stereocenters. The summed E-state index contributed by atoms with van der Waals surface area (Å²) in [6.07, 6.45) is -0.858. The average Bonchev–Trinajstić information content (AvgIpc) is 3.39. The van der Waals surface area contributed by atoms with Crippen LogP contribution in [0.25, 0.3) is 21.7 Å². The number of benzene rings is 3. The van der Waals surface area contributed by atoms with Gasteiger partial charge in [-0.25, -0.2) is 4.98 Å². The Morgan fingerprint density at radius 3 is 2.50 bits per heavy atom. The van der Waals surface area contributed by atoms with Gasteiger partial charge in [-0.1, -0.05) is 67.6 Å². The Hall–Kier alpha value is -3.41. The molecule has 4 aromatic rings. The lowest BCUT2D eigenvalue weighted by Gasteiger charge is -2.34. The van der Waals surface area contributed by atoms with E-state index in [4.69, 9.17) is 9.72 Å². The van der Waals surface area contributed by atoms with Crippen LogP contribution in [0, 0.1) is 5.92 Å². The maximum absolute atomic E-state index is 12.9. The zero-order chi connectivity index (χ0) is 27.1. The number of nitrogens with zero attached hydrogens (tertiary/aromatic N) is 1. The monoisotopic (exact) mass is 560 g/mol. The largest absolute Gasteiger partial charge is 0.516 e. The van der Waals surface area contributed by atoms with Crippen LogP contribution in [0.4, 0.5) is 18.9 Å². The molecule has 0 saturated heterocycles. The fraction of sp³-hybridized carbons (Fsp3) is 0.222. The van der Waals surface area contributed by atoms with E-state index >= 15 is 0 Å². The Morgan fingerprint density at radius 2 is 1.76 bits per heavy atom. The predicted molar refractivity (Wildman–Crippen MR) is 140 cm³/mol. The number of halogens is 3. The van der Waals surface area contributed by atoms with Gasteiger partial charge in [0.2, 0.25) is 0 Å². The van der Waals surface area contributed by atoms with Gasteiger partial charge in [0, 0.05) is 33.9 Å². The average molecular weight is 561 g/mol. The zero-order valence-corrected chi connectivity index (χ0v) is 21.6. The molecule has 3 aromatic carbocycles. The number of sulfonamides is 1. The van der Waals surface area contributed by atoms with Gasteiger partial charge in [0.1, 0.15) is 10.8 Å². The molecule has 1 aromatic heterocycles. The highest BCUT2D eigenvalue weighted by Gasteiger charge is 2.46. The van der Waals surface area contributed by atoms with Crippen molar-refractivity contribution in [2.75, 3.05) is 11.3 Å². The lowest BCUT2D eigenvalue weighted by atomic mass is 9.82. The number of thiazole rings is 1. The number of para-hydroxylation sites is 1. The summed E-state index contributed by atoms with van der Waals surface area (Å²) in [4.78, 5) is 4.77. The van der Waals surface area contributed by atoms with Crippen LogP contribution >= 0.6 is 11.3 Å². The van der Waals surface area contributed by atoms with E-state index in [9.17, 15) is 26.7 Å². The van der Waals surface area contributed by atoms with Crippen molar-refractivity contribution >= 4 is 27.0 Å². The molecule has 5 rings (SSSR count). The minimum Gasteiger partial charge on any atom is -0.493 e. The van der Waals surface area contributed by atoms with Gasteiger partial charge in [-0.2, -0.15) is 21.6 Å². The number of hydrogen-bond donors (Lipinski definition) is 2. The minimum absolute atomic E-state index is 0.107. The molecule has 3 atom stereocenters. The summed E-state index contributed by atoms with van der Waals surface area (Å²) in [7, 11) is -5.59. The predicted octanol–water partition coefficient (Wildman–Crippen LogP) is 6.58. The van der Waals surface area contributed by atoms with E-state index in [0.29, 0.717) is 16.9 Å². The summed E-state index contributed by atoms with van der Waals surface area (Å²) in [6.45, 7) is 2.20. The number of hydrogen-bond acceptors (Lipinski definition) is 6. The number of alkyl halides is 3. The maximum atomic E-state index is 12.9. The van der Waals surface area contributed by atoms with Gasteiger partial charge < -0.3 is 9.84 Å². The van der Waals surface area contributed by atoms with Crippen LogP contribution in [0.1, 0.15) is 30.2 Å². The summed E-state index contributed by atoms with van der Waals surface area (Å²) in [6, 6.07) is 20.5. The van der Waals surface area contributed by atoms with Crippen molar-refractivity contribution in [3.8, 4) is 27.4 Å². The molecule has 0 spiro atoms. The van der Waals surface area contributed by atoms with Gasteiger partial charge in [0.25, 0.3) is 0 Å². The quantitative estimate of drug-likeness (QED) is 0.278. The van der Waals surface area contributed by atoms with Crippen LogP contribution < -0.4 is 9.46 Å². The summed E-state index contributed by atoms with van der Waals surface area (Å²) >= 11 is 1.54. The number of aliphatic hydroxyl groups is 1. The lowest BCUT2D eigenvalue weighted by Crippen LogP contribution is -2.30. The molecule has 198 valence electrons. The summed E-state index contributed by atoms with van der Waals surface area (Å²) in [5, 5.41) is 14.1. The van der Waals surface area contributed by atoms with Crippen LogP contribution in [0.15, 0.2) is 78.2 Å². The molecular weight excluding hydrogens is 537 g/mol. The van der Waals surface area contributed by atoms with Gasteiger partial charge in [-0.15, -0.1) is 11.3 Å². The van der Waals surface area contributed by atoms with E-state index in [0.717, 1.165) is 16.3 Å². The highest BCUT2D eigenvalue weighted by molar-refractivity contribution is 7.93. The SMILES string of the molecule is C[C@@H](c1csc(-c2ccccc2)n1)[C@@H]1COc2cc(-c3ccccc3NS(=O)(=O)C(F)(F)F)ccc2[C@H]1O. The first-order valence-electron chi connectivity index (χ1n) is 11.7. The van der Waals surface area contributed by atoms with Crippen molar-refractivity contribution < 1.29 is 31.4 Å². The molecule has 0 saturated carbocycles. The number of fused-ring (bicyclic) bond motifs is 1. The number of aromatic nitrogens is 1. The topological polar surface area (TPSA) is 88.5 Å². The van der Waals surface area contributed by atoms with Gasteiger partial charge >= 0.3 is 15.5 Å². The molecule has 1 aliphatic heterocycles. The fourth-order valence-electron chi connectivity index (χ4n) is 4.45. The molecule has 6 nitrogen and oxygen atoms in total. The maximum Gasteiger partial charge on any atom is 0.516 e. The van der Waals surface area contributed by atoms with Crippen molar-refractivity contribution in [1.82, 2.24) is 4.98 Å². The van der Waals surface area contributed by atoms with Crippen molar-refractivity contribution in [1.29, 1.82) is 0 Å². The lowest BCUT2D eigenvalue weighted by molar-refractivity contribution is -0.0429. The number of rotatable bonds is 6. The molecule has 38 heavy (non-hydrogen) atoms. The first kappa shape index (κ1) is 26.2. The van der Waals surface area contributed by atoms with E-state index in [1.165, 1.54) is 29.5 Å². The van der Waals surface area contributed by atoms with Gasteiger partial charge in [0.05, 0.1) is 24.1 Å². The van der Waals surface area contributed by atoms with Crippen LogP contribution in [-0.4, -0.2) is 30.6 Å². The Labute approximate surface area is 221 Å². The smallest absolute Gasteiger partial charge is 0.493 e. The highest BCUT2D eigenvalue weighted by Crippen LogP contribution is 2.44. The first-order chi connectivity index (χ1) is 18.0. The molecular formula is C27H23F3N2O4S2. The third-order valence-corrected chi connectivity index (χ3v) is 8.62. The second-order valence-electron chi connectivity index (χ2n) is 9.00. The van der Waals surface area contributed by atoms with Gasteiger partial charge in [-0.05, 0) is 17.7 Å². The van der Waals surface area contributed by atoms with Crippen molar-refractivity contribution in [3.63, 3.8) is 0 Å². The first-order valence-corrected chi connectivity index (χ1v) is 14.1. The molecule has 0 aliphatic carbocycles.